The summed E-state index contributed by atoms with van der Waals surface area (Å²) in [5.41, 5.74) is 4.46. The molecule has 2 aliphatic rings. The molecule has 5 heteroatoms. The number of fused-ring (bicyclic) bond motifs is 1. The average molecular weight is 377 g/mol. The second kappa shape index (κ2) is 8.05. The summed E-state index contributed by atoms with van der Waals surface area (Å²) in [6.07, 6.45) is 4.77. The number of nitrogens with zero attached hydrogens (tertiary/aromatic N) is 2. The SMILES string of the molecule is CN(C(=O)CNc1ccc(N2CCCC2=O)cc1)C1CCCc2ccccc21. The number of benzene rings is 2. The van der Waals surface area contributed by atoms with Crippen LogP contribution < -0.4 is 10.2 Å². The van der Waals surface area contributed by atoms with Gasteiger partial charge in [-0.2, -0.15) is 0 Å². The van der Waals surface area contributed by atoms with E-state index in [4.69, 9.17) is 0 Å². The standard InChI is InChI=1S/C23H27N3O2/c1-25(21-9-4-7-17-6-2-3-8-20(17)21)23(28)16-24-18-11-13-19(14-12-18)26-15-5-10-22(26)27/h2-3,6,8,11-14,21,24H,4-5,7,9-10,15-16H2,1H3. The molecule has 2 aromatic carbocycles. The molecule has 1 fully saturated rings. The first-order valence-corrected chi connectivity index (χ1v) is 10.1. The van der Waals surface area contributed by atoms with Gasteiger partial charge in [-0.25, -0.2) is 0 Å². The van der Waals surface area contributed by atoms with Crippen LogP contribution in [0.4, 0.5) is 11.4 Å². The molecule has 5 nitrogen and oxygen atoms in total. The Kier molecular flexibility index (Phi) is 5.33. The fourth-order valence-electron chi connectivity index (χ4n) is 4.29. The predicted octanol–water partition coefficient (Wildman–Crippen LogP) is 3.76. The van der Waals surface area contributed by atoms with Crippen molar-refractivity contribution >= 4 is 23.2 Å². The predicted molar refractivity (Wildman–Crippen MR) is 111 cm³/mol. The largest absolute Gasteiger partial charge is 0.376 e. The summed E-state index contributed by atoms with van der Waals surface area (Å²) in [6, 6.07) is 16.4. The maximum Gasteiger partial charge on any atom is 0.242 e. The van der Waals surface area contributed by atoms with E-state index in [0.29, 0.717) is 6.42 Å². The summed E-state index contributed by atoms with van der Waals surface area (Å²) in [4.78, 5) is 28.3. The van der Waals surface area contributed by atoms with Crippen LogP contribution in [-0.4, -0.2) is 36.9 Å². The van der Waals surface area contributed by atoms with Crippen LogP contribution >= 0.6 is 0 Å². The Morgan fingerprint density at radius 1 is 1.11 bits per heavy atom. The minimum absolute atomic E-state index is 0.0838. The van der Waals surface area contributed by atoms with Crippen molar-refractivity contribution in [2.75, 3.05) is 30.4 Å². The van der Waals surface area contributed by atoms with Gasteiger partial charge in [-0.05, 0) is 61.1 Å². The highest BCUT2D eigenvalue weighted by Crippen LogP contribution is 2.33. The van der Waals surface area contributed by atoms with Gasteiger partial charge in [0.05, 0.1) is 12.6 Å². The quantitative estimate of drug-likeness (QED) is 0.863. The molecule has 1 saturated heterocycles. The molecule has 0 radical (unpaired) electrons. The molecular weight excluding hydrogens is 350 g/mol. The Bertz CT molecular complexity index is 862. The molecule has 1 heterocycles. The minimum Gasteiger partial charge on any atom is -0.376 e. The maximum absolute atomic E-state index is 12.8. The molecule has 2 aromatic rings. The lowest BCUT2D eigenvalue weighted by molar-refractivity contribution is -0.130. The average Bonchev–Trinajstić information content (AvgIpc) is 3.17. The Balaban J connectivity index is 1.36. The lowest BCUT2D eigenvalue weighted by Gasteiger charge is -2.33. The lowest BCUT2D eigenvalue weighted by atomic mass is 9.87. The number of hydrogen-bond donors (Lipinski definition) is 1. The van der Waals surface area contributed by atoms with Crippen molar-refractivity contribution in [3.05, 3.63) is 59.7 Å². The molecule has 146 valence electrons. The number of carbonyl (C=O) groups is 2. The summed E-state index contributed by atoms with van der Waals surface area (Å²) in [6.45, 7) is 1.05. The topological polar surface area (TPSA) is 52.7 Å². The zero-order valence-electron chi connectivity index (χ0n) is 16.4. The summed E-state index contributed by atoms with van der Waals surface area (Å²) >= 11 is 0. The molecule has 2 amide bonds. The Morgan fingerprint density at radius 3 is 2.64 bits per heavy atom. The minimum atomic E-state index is 0.0838. The highest BCUT2D eigenvalue weighted by molar-refractivity contribution is 5.95. The summed E-state index contributed by atoms with van der Waals surface area (Å²) in [5.74, 6) is 0.269. The molecule has 0 saturated carbocycles. The van der Waals surface area contributed by atoms with E-state index < -0.39 is 0 Å². The van der Waals surface area contributed by atoms with Crippen LogP contribution in [0, 0.1) is 0 Å². The zero-order chi connectivity index (χ0) is 19.5. The molecule has 1 atom stereocenters. The smallest absolute Gasteiger partial charge is 0.242 e. The Hall–Kier alpha value is -2.82. The van der Waals surface area contributed by atoms with Gasteiger partial charge in [0.25, 0.3) is 0 Å². The van der Waals surface area contributed by atoms with Crippen molar-refractivity contribution in [1.82, 2.24) is 4.90 Å². The number of rotatable bonds is 5. The van der Waals surface area contributed by atoms with Crippen LogP contribution in [0.3, 0.4) is 0 Å². The van der Waals surface area contributed by atoms with E-state index in [9.17, 15) is 9.59 Å². The van der Waals surface area contributed by atoms with E-state index in [-0.39, 0.29) is 24.4 Å². The normalized spacial score (nSPS) is 18.7. The van der Waals surface area contributed by atoms with Gasteiger partial charge in [-0.3, -0.25) is 9.59 Å². The van der Waals surface area contributed by atoms with Gasteiger partial charge in [-0.15, -0.1) is 0 Å². The first kappa shape index (κ1) is 18.5. The number of likely N-dealkylation sites (N-methyl/N-ethyl adjacent to an activating group) is 1. The third-order valence-electron chi connectivity index (χ3n) is 5.89. The van der Waals surface area contributed by atoms with Gasteiger partial charge in [0.2, 0.25) is 11.8 Å². The number of hydrogen-bond acceptors (Lipinski definition) is 3. The van der Waals surface area contributed by atoms with E-state index >= 15 is 0 Å². The van der Waals surface area contributed by atoms with Crippen LogP contribution in [0.15, 0.2) is 48.5 Å². The van der Waals surface area contributed by atoms with Crippen LogP contribution in [0.25, 0.3) is 0 Å². The van der Waals surface area contributed by atoms with Crippen molar-refractivity contribution in [2.45, 2.75) is 38.1 Å². The van der Waals surface area contributed by atoms with E-state index in [1.807, 2.05) is 41.1 Å². The van der Waals surface area contributed by atoms with Crippen LogP contribution in [0.5, 0.6) is 0 Å². The third kappa shape index (κ3) is 3.75. The maximum atomic E-state index is 12.8. The van der Waals surface area contributed by atoms with Crippen molar-refractivity contribution < 1.29 is 9.59 Å². The number of aryl methyl sites for hydroxylation is 1. The van der Waals surface area contributed by atoms with Crippen molar-refractivity contribution in [1.29, 1.82) is 0 Å². The van der Waals surface area contributed by atoms with Gasteiger partial charge in [-0.1, -0.05) is 24.3 Å². The summed E-state index contributed by atoms with van der Waals surface area (Å²) < 4.78 is 0. The Morgan fingerprint density at radius 2 is 1.89 bits per heavy atom. The zero-order valence-corrected chi connectivity index (χ0v) is 16.4. The van der Waals surface area contributed by atoms with Gasteiger partial charge >= 0.3 is 0 Å². The van der Waals surface area contributed by atoms with Gasteiger partial charge in [0.1, 0.15) is 0 Å². The fourth-order valence-corrected chi connectivity index (χ4v) is 4.29. The number of anilines is 2. The molecule has 1 aliphatic carbocycles. The number of amides is 2. The third-order valence-corrected chi connectivity index (χ3v) is 5.89. The summed E-state index contributed by atoms with van der Waals surface area (Å²) in [5, 5.41) is 3.22. The molecule has 1 N–H and O–H groups in total. The van der Waals surface area contributed by atoms with Crippen molar-refractivity contribution in [3.63, 3.8) is 0 Å². The van der Waals surface area contributed by atoms with E-state index in [1.54, 1.807) is 0 Å². The molecule has 1 aliphatic heterocycles. The first-order chi connectivity index (χ1) is 13.6. The van der Waals surface area contributed by atoms with E-state index in [0.717, 1.165) is 43.6 Å². The molecule has 28 heavy (non-hydrogen) atoms. The number of carbonyl (C=O) groups excluding carboxylic acids is 2. The lowest BCUT2D eigenvalue weighted by Crippen LogP contribution is -2.37. The van der Waals surface area contributed by atoms with Gasteiger partial charge in [0.15, 0.2) is 0 Å². The molecular formula is C23H27N3O2. The molecule has 0 spiro atoms. The van der Waals surface area contributed by atoms with E-state index in [1.165, 1.54) is 11.1 Å². The molecule has 1 unspecified atom stereocenters. The van der Waals surface area contributed by atoms with Crippen LogP contribution in [0.1, 0.15) is 42.9 Å². The van der Waals surface area contributed by atoms with Crippen molar-refractivity contribution in [3.8, 4) is 0 Å². The second-order valence-electron chi connectivity index (χ2n) is 7.66. The molecule has 0 aromatic heterocycles. The molecule has 0 bridgehead atoms. The Labute approximate surface area is 166 Å². The van der Waals surface area contributed by atoms with Gasteiger partial charge < -0.3 is 15.1 Å². The van der Waals surface area contributed by atoms with Crippen LogP contribution in [-0.2, 0) is 16.0 Å². The molecule has 4 rings (SSSR count). The highest BCUT2D eigenvalue weighted by atomic mass is 16.2. The van der Waals surface area contributed by atoms with E-state index in [2.05, 4.69) is 29.6 Å². The van der Waals surface area contributed by atoms with Gasteiger partial charge in [0, 0.05) is 31.4 Å². The second-order valence-corrected chi connectivity index (χ2v) is 7.66. The highest BCUT2D eigenvalue weighted by Gasteiger charge is 2.26. The summed E-state index contributed by atoms with van der Waals surface area (Å²) in [7, 11) is 1.90. The number of nitrogens with one attached hydrogen (secondary N) is 1. The van der Waals surface area contributed by atoms with Crippen LogP contribution in [0.2, 0.25) is 0 Å². The first-order valence-electron chi connectivity index (χ1n) is 10.1. The fraction of sp³-hybridized carbons (Fsp3) is 0.391. The monoisotopic (exact) mass is 377 g/mol. The van der Waals surface area contributed by atoms with Crippen molar-refractivity contribution in [2.24, 2.45) is 0 Å².